The van der Waals surface area contributed by atoms with E-state index < -0.39 is 10.0 Å². The molecule has 2 N–H and O–H groups in total. The molecule has 1 amide bonds. The van der Waals surface area contributed by atoms with Crippen LogP contribution in [0.3, 0.4) is 0 Å². The zero-order valence-electron chi connectivity index (χ0n) is 15.6. The monoisotopic (exact) mass is 472 g/mol. The van der Waals surface area contributed by atoms with Gasteiger partial charge in [-0.3, -0.25) is 4.79 Å². The van der Waals surface area contributed by atoms with Crippen molar-refractivity contribution in [3.63, 3.8) is 0 Å². The molecule has 0 unspecified atom stereocenters. The van der Waals surface area contributed by atoms with Gasteiger partial charge in [-0.25, -0.2) is 13.1 Å². The van der Waals surface area contributed by atoms with Crippen molar-refractivity contribution >= 4 is 37.5 Å². The molecule has 3 rings (SSSR count). The Hall–Kier alpha value is -2.48. The number of nitrogens with one attached hydrogen (secondary N) is 2. The van der Waals surface area contributed by atoms with Crippen LogP contribution in [0.4, 0.5) is 5.69 Å². The van der Waals surface area contributed by atoms with Gasteiger partial charge in [-0.15, -0.1) is 0 Å². The van der Waals surface area contributed by atoms with Crippen LogP contribution in [0, 0.1) is 0 Å². The van der Waals surface area contributed by atoms with E-state index in [1.807, 2.05) is 54.6 Å². The Bertz CT molecular complexity index is 1070. The number of para-hydroxylation sites is 1. The number of hydrogen-bond acceptors (Lipinski definition) is 3. The summed E-state index contributed by atoms with van der Waals surface area (Å²) in [5, 5.41) is 2.86. The van der Waals surface area contributed by atoms with Gasteiger partial charge in [-0.05, 0) is 57.7 Å². The number of carbonyl (C=O) groups is 1. The predicted octanol–water partition coefficient (Wildman–Crippen LogP) is 4.50. The summed E-state index contributed by atoms with van der Waals surface area (Å²) >= 11 is 3.40. The quantitative estimate of drug-likeness (QED) is 0.506. The molecular formula is C22H21BrN2O3S. The van der Waals surface area contributed by atoms with E-state index in [0.29, 0.717) is 12.8 Å². The van der Waals surface area contributed by atoms with Crippen molar-refractivity contribution in [2.24, 2.45) is 0 Å². The van der Waals surface area contributed by atoms with Crippen molar-refractivity contribution in [2.75, 3.05) is 5.32 Å². The van der Waals surface area contributed by atoms with Gasteiger partial charge in [0.05, 0.1) is 10.6 Å². The van der Waals surface area contributed by atoms with Crippen molar-refractivity contribution in [1.29, 1.82) is 0 Å². The number of carbonyl (C=O) groups excluding carboxylic acids is 1. The fraction of sp³-hybridized carbons (Fsp3) is 0.136. The predicted molar refractivity (Wildman–Crippen MR) is 118 cm³/mol. The van der Waals surface area contributed by atoms with Crippen LogP contribution >= 0.6 is 15.9 Å². The highest BCUT2D eigenvalue weighted by Crippen LogP contribution is 2.21. The van der Waals surface area contributed by atoms with Gasteiger partial charge < -0.3 is 5.32 Å². The topological polar surface area (TPSA) is 75.3 Å². The van der Waals surface area contributed by atoms with Gasteiger partial charge in [0.15, 0.2) is 0 Å². The molecule has 0 aliphatic rings. The Kier molecular flexibility index (Phi) is 7.19. The van der Waals surface area contributed by atoms with Crippen LogP contribution in [0.2, 0.25) is 0 Å². The van der Waals surface area contributed by atoms with E-state index in [1.165, 1.54) is 0 Å². The third-order valence-corrected chi connectivity index (χ3v) is 6.44. The molecule has 0 saturated heterocycles. The summed E-state index contributed by atoms with van der Waals surface area (Å²) in [6.07, 6.45) is 0.827. The zero-order valence-corrected chi connectivity index (χ0v) is 18.0. The van der Waals surface area contributed by atoms with E-state index in [1.54, 1.807) is 24.3 Å². The largest absolute Gasteiger partial charge is 0.325 e. The molecule has 3 aromatic rings. The molecule has 3 aromatic carbocycles. The van der Waals surface area contributed by atoms with Crippen LogP contribution in [0.25, 0.3) is 0 Å². The number of rotatable bonds is 8. The highest BCUT2D eigenvalue weighted by molar-refractivity contribution is 9.10. The summed E-state index contributed by atoms with van der Waals surface area (Å²) in [5.41, 5.74) is 2.52. The van der Waals surface area contributed by atoms with Gasteiger partial charge in [-0.1, -0.05) is 54.6 Å². The Balaban J connectivity index is 1.54. The molecule has 0 spiro atoms. The molecule has 29 heavy (non-hydrogen) atoms. The van der Waals surface area contributed by atoms with Gasteiger partial charge in [0.1, 0.15) is 0 Å². The van der Waals surface area contributed by atoms with E-state index in [9.17, 15) is 13.2 Å². The minimum atomic E-state index is -3.59. The normalized spacial score (nSPS) is 11.2. The van der Waals surface area contributed by atoms with Gasteiger partial charge in [0.2, 0.25) is 15.9 Å². The molecule has 0 atom stereocenters. The molecule has 0 aliphatic carbocycles. The van der Waals surface area contributed by atoms with E-state index >= 15 is 0 Å². The maximum atomic E-state index is 12.4. The second-order valence-corrected chi connectivity index (χ2v) is 9.10. The summed E-state index contributed by atoms with van der Waals surface area (Å²) < 4.78 is 28.3. The average Bonchev–Trinajstić information content (AvgIpc) is 2.74. The van der Waals surface area contributed by atoms with Crippen LogP contribution in [0.1, 0.15) is 17.5 Å². The second kappa shape index (κ2) is 9.82. The first-order valence-corrected chi connectivity index (χ1v) is 11.4. The lowest BCUT2D eigenvalue weighted by Crippen LogP contribution is -2.23. The summed E-state index contributed by atoms with van der Waals surface area (Å²) in [7, 11) is -3.59. The number of hydrogen-bond donors (Lipinski definition) is 2. The first kappa shape index (κ1) is 21.2. The van der Waals surface area contributed by atoms with Crippen molar-refractivity contribution in [3.8, 4) is 0 Å². The highest BCUT2D eigenvalue weighted by Gasteiger charge is 2.13. The smallest absolute Gasteiger partial charge is 0.240 e. The SMILES string of the molecule is O=C(CCc1ccc(S(=O)(=O)NCc2ccccc2)cc1)Nc1ccccc1Br. The molecule has 0 radical (unpaired) electrons. The number of benzene rings is 3. The van der Waals surface area contributed by atoms with Crippen LogP contribution in [-0.4, -0.2) is 14.3 Å². The third-order valence-electron chi connectivity index (χ3n) is 4.33. The van der Waals surface area contributed by atoms with Crippen molar-refractivity contribution in [1.82, 2.24) is 4.72 Å². The molecule has 150 valence electrons. The molecule has 0 aliphatic heterocycles. The van der Waals surface area contributed by atoms with E-state index in [0.717, 1.165) is 21.3 Å². The third kappa shape index (κ3) is 6.25. The fourth-order valence-electron chi connectivity index (χ4n) is 2.73. The summed E-state index contributed by atoms with van der Waals surface area (Å²) in [6.45, 7) is 0.236. The fourth-order valence-corrected chi connectivity index (χ4v) is 4.13. The van der Waals surface area contributed by atoms with Crippen molar-refractivity contribution in [3.05, 3.63) is 94.5 Å². The van der Waals surface area contributed by atoms with Crippen molar-refractivity contribution < 1.29 is 13.2 Å². The molecule has 0 heterocycles. The minimum absolute atomic E-state index is 0.0990. The number of sulfonamides is 1. The van der Waals surface area contributed by atoms with Gasteiger partial charge in [-0.2, -0.15) is 0 Å². The average molecular weight is 473 g/mol. The standard InChI is InChI=1S/C22H21BrN2O3S/c23-20-8-4-5-9-21(20)25-22(26)15-12-17-10-13-19(14-11-17)29(27,28)24-16-18-6-2-1-3-7-18/h1-11,13-14,24H,12,15-16H2,(H,25,26). The Morgan fingerprint density at radius 3 is 2.17 bits per heavy atom. The summed E-state index contributed by atoms with van der Waals surface area (Å²) in [5.74, 6) is -0.0990. The Morgan fingerprint density at radius 1 is 0.828 bits per heavy atom. The summed E-state index contributed by atoms with van der Waals surface area (Å²) in [4.78, 5) is 12.3. The number of anilines is 1. The molecule has 0 aromatic heterocycles. The first-order chi connectivity index (χ1) is 13.9. The van der Waals surface area contributed by atoms with Gasteiger partial charge >= 0.3 is 0 Å². The molecular weight excluding hydrogens is 452 g/mol. The zero-order chi connectivity index (χ0) is 20.7. The van der Waals surface area contributed by atoms with Crippen LogP contribution < -0.4 is 10.0 Å². The van der Waals surface area contributed by atoms with Gasteiger partial charge in [0, 0.05) is 17.4 Å². The van der Waals surface area contributed by atoms with Crippen LogP contribution in [0.5, 0.6) is 0 Å². The highest BCUT2D eigenvalue weighted by atomic mass is 79.9. The molecule has 0 bridgehead atoms. The lowest BCUT2D eigenvalue weighted by molar-refractivity contribution is -0.116. The van der Waals surface area contributed by atoms with E-state index in [2.05, 4.69) is 26.0 Å². The lowest BCUT2D eigenvalue weighted by Gasteiger charge is -2.09. The number of aryl methyl sites for hydroxylation is 1. The lowest BCUT2D eigenvalue weighted by atomic mass is 10.1. The maximum absolute atomic E-state index is 12.4. The molecule has 0 fully saturated rings. The molecule has 5 nitrogen and oxygen atoms in total. The summed E-state index contributed by atoms with van der Waals surface area (Å²) in [6, 6.07) is 23.4. The maximum Gasteiger partial charge on any atom is 0.240 e. The first-order valence-electron chi connectivity index (χ1n) is 9.11. The van der Waals surface area contributed by atoms with Crippen molar-refractivity contribution in [2.45, 2.75) is 24.3 Å². The Morgan fingerprint density at radius 2 is 1.48 bits per heavy atom. The second-order valence-electron chi connectivity index (χ2n) is 6.48. The number of amides is 1. The Labute approximate surface area is 179 Å². The van der Waals surface area contributed by atoms with E-state index in [4.69, 9.17) is 0 Å². The molecule has 0 saturated carbocycles. The van der Waals surface area contributed by atoms with Crippen LogP contribution in [0.15, 0.2) is 88.2 Å². The number of halogens is 1. The molecule has 7 heteroatoms. The minimum Gasteiger partial charge on any atom is -0.325 e. The van der Waals surface area contributed by atoms with Gasteiger partial charge in [0.25, 0.3) is 0 Å². The van der Waals surface area contributed by atoms with Crippen LogP contribution in [-0.2, 0) is 27.8 Å². The van der Waals surface area contributed by atoms with E-state index in [-0.39, 0.29) is 17.3 Å².